The van der Waals surface area contributed by atoms with E-state index >= 15 is 0 Å². The molecule has 0 bridgehead atoms. The number of rotatable bonds is 6. The number of carbonyl (C=O) groups excluding carboxylic acids is 2. The van der Waals surface area contributed by atoms with Gasteiger partial charge in [-0.1, -0.05) is 17.7 Å². The highest BCUT2D eigenvalue weighted by molar-refractivity contribution is 6.32. The molecule has 0 spiro atoms. The molecule has 5 nitrogen and oxygen atoms in total. The first kappa shape index (κ1) is 15.4. The van der Waals surface area contributed by atoms with Gasteiger partial charge in [0.05, 0.1) is 12.1 Å². The van der Waals surface area contributed by atoms with Crippen molar-refractivity contribution in [1.82, 2.24) is 5.32 Å². The van der Waals surface area contributed by atoms with Crippen molar-refractivity contribution >= 4 is 29.1 Å². The predicted molar refractivity (Wildman–Crippen MR) is 81.5 cm³/mol. The van der Waals surface area contributed by atoms with Crippen molar-refractivity contribution in [2.75, 3.05) is 19.0 Å². The summed E-state index contributed by atoms with van der Waals surface area (Å²) in [6, 6.07) is 4.94. The first-order valence-corrected chi connectivity index (χ1v) is 6.95. The van der Waals surface area contributed by atoms with E-state index in [4.69, 9.17) is 16.3 Å². The predicted octanol–water partition coefficient (Wildman–Crippen LogP) is 2.37. The second-order valence-corrected chi connectivity index (χ2v) is 5.29. The molecule has 1 aliphatic carbocycles. The fraction of sp³-hybridized carbons (Fsp3) is 0.333. The first-order chi connectivity index (χ1) is 10.0. The van der Waals surface area contributed by atoms with Gasteiger partial charge in [0.2, 0.25) is 11.8 Å². The number of benzene rings is 1. The average Bonchev–Trinajstić information content (AvgIpc) is 3.26. The third kappa shape index (κ3) is 3.19. The van der Waals surface area contributed by atoms with E-state index in [1.807, 2.05) is 0 Å². The summed E-state index contributed by atoms with van der Waals surface area (Å²) in [6.45, 7) is 3.88. The van der Waals surface area contributed by atoms with Crippen molar-refractivity contribution in [3.05, 3.63) is 35.9 Å². The maximum absolute atomic E-state index is 12.3. The SMILES string of the molecule is C=CCNC(=O)C1(C(=O)Nc2ccc(OC)c(Cl)c2)CC1. The lowest BCUT2D eigenvalue weighted by molar-refractivity contribution is -0.134. The van der Waals surface area contributed by atoms with Gasteiger partial charge in [0.25, 0.3) is 0 Å². The summed E-state index contributed by atoms with van der Waals surface area (Å²) in [5.74, 6) is -0.0515. The second kappa shape index (κ2) is 6.18. The maximum Gasteiger partial charge on any atom is 0.240 e. The molecule has 0 aromatic heterocycles. The topological polar surface area (TPSA) is 67.4 Å². The highest BCUT2D eigenvalue weighted by Gasteiger charge is 2.56. The van der Waals surface area contributed by atoms with Gasteiger partial charge in [-0.05, 0) is 31.0 Å². The van der Waals surface area contributed by atoms with Crippen molar-refractivity contribution in [2.24, 2.45) is 5.41 Å². The molecule has 1 aliphatic rings. The molecular weight excluding hydrogens is 292 g/mol. The summed E-state index contributed by atoms with van der Waals surface area (Å²) in [7, 11) is 1.52. The summed E-state index contributed by atoms with van der Waals surface area (Å²) in [4.78, 5) is 24.3. The Balaban J connectivity index is 2.06. The summed E-state index contributed by atoms with van der Waals surface area (Å²) in [6.07, 6.45) is 2.67. The highest BCUT2D eigenvalue weighted by Crippen LogP contribution is 2.47. The van der Waals surface area contributed by atoms with E-state index in [1.165, 1.54) is 7.11 Å². The van der Waals surface area contributed by atoms with Crippen LogP contribution >= 0.6 is 11.6 Å². The summed E-state index contributed by atoms with van der Waals surface area (Å²) < 4.78 is 5.05. The number of methoxy groups -OCH3 is 1. The lowest BCUT2D eigenvalue weighted by atomic mass is 10.1. The van der Waals surface area contributed by atoms with Crippen LogP contribution in [0.4, 0.5) is 5.69 Å². The number of halogens is 1. The zero-order valence-corrected chi connectivity index (χ0v) is 12.5. The number of anilines is 1. The molecule has 6 heteroatoms. The van der Waals surface area contributed by atoms with Crippen LogP contribution in [0.15, 0.2) is 30.9 Å². The smallest absolute Gasteiger partial charge is 0.240 e. The van der Waals surface area contributed by atoms with Gasteiger partial charge in [0.1, 0.15) is 11.2 Å². The number of hydrogen-bond donors (Lipinski definition) is 2. The minimum atomic E-state index is -0.963. The quantitative estimate of drug-likeness (QED) is 0.626. The standard InChI is InChI=1S/C15H17ClN2O3/c1-3-8-17-13(19)15(6-7-15)14(20)18-10-4-5-12(21-2)11(16)9-10/h3-5,9H,1,6-8H2,2H3,(H,17,19)(H,18,20). The van der Waals surface area contributed by atoms with Crippen LogP contribution in [0.25, 0.3) is 0 Å². The average molecular weight is 309 g/mol. The van der Waals surface area contributed by atoms with E-state index in [1.54, 1.807) is 24.3 Å². The summed E-state index contributed by atoms with van der Waals surface area (Å²) >= 11 is 6.01. The lowest BCUT2D eigenvalue weighted by Crippen LogP contribution is -2.40. The molecule has 0 heterocycles. The van der Waals surface area contributed by atoms with E-state index in [0.717, 1.165) is 0 Å². The van der Waals surface area contributed by atoms with Gasteiger partial charge in [-0.2, -0.15) is 0 Å². The molecule has 1 fully saturated rings. The third-order valence-corrected chi connectivity index (χ3v) is 3.73. The van der Waals surface area contributed by atoms with Crippen molar-refractivity contribution in [1.29, 1.82) is 0 Å². The van der Waals surface area contributed by atoms with Gasteiger partial charge < -0.3 is 15.4 Å². The van der Waals surface area contributed by atoms with Crippen molar-refractivity contribution in [3.8, 4) is 5.75 Å². The molecule has 2 rings (SSSR count). The molecule has 1 saturated carbocycles. The van der Waals surface area contributed by atoms with E-state index in [9.17, 15) is 9.59 Å². The maximum atomic E-state index is 12.3. The van der Waals surface area contributed by atoms with Gasteiger partial charge in [-0.25, -0.2) is 0 Å². The van der Waals surface area contributed by atoms with Crippen LogP contribution in [0.2, 0.25) is 5.02 Å². The van der Waals surface area contributed by atoms with Gasteiger partial charge in [0, 0.05) is 12.2 Å². The summed E-state index contributed by atoms with van der Waals surface area (Å²) in [5, 5.41) is 5.80. The fourth-order valence-corrected chi connectivity index (χ4v) is 2.27. The highest BCUT2D eigenvalue weighted by atomic mass is 35.5. The Morgan fingerprint density at radius 3 is 2.67 bits per heavy atom. The van der Waals surface area contributed by atoms with E-state index in [-0.39, 0.29) is 11.8 Å². The fourth-order valence-electron chi connectivity index (χ4n) is 2.01. The van der Waals surface area contributed by atoms with Gasteiger partial charge in [0.15, 0.2) is 0 Å². The molecule has 0 aliphatic heterocycles. The van der Waals surface area contributed by atoms with Crippen LogP contribution in [-0.2, 0) is 9.59 Å². The molecule has 2 N–H and O–H groups in total. The van der Waals surface area contributed by atoms with Crippen LogP contribution in [0.3, 0.4) is 0 Å². The molecule has 0 radical (unpaired) electrons. The Hall–Kier alpha value is -2.01. The summed E-state index contributed by atoms with van der Waals surface area (Å²) in [5.41, 5.74) is -0.427. The Labute approximate surface area is 128 Å². The monoisotopic (exact) mass is 308 g/mol. The first-order valence-electron chi connectivity index (χ1n) is 6.57. The van der Waals surface area contributed by atoms with E-state index in [2.05, 4.69) is 17.2 Å². The molecule has 0 saturated heterocycles. The van der Waals surface area contributed by atoms with Crippen LogP contribution in [-0.4, -0.2) is 25.5 Å². The molecular formula is C15H17ClN2O3. The van der Waals surface area contributed by atoms with Crippen LogP contribution in [0.5, 0.6) is 5.75 Å². The van der Waals surface area contributed by atoms with Crippen LogP contribution in [0, 0.1) is 5.41 Å². The van der Waals surface area contributed by atoms with Crippen molar-refractivity contribution in [2.45, 2.75) is 12.8 Å². The Kier molecular flexibility index (Phi) is 4.53. The van der Waals surface area contributed by atoms with Gasteiger partial charge in [-0.15, -0.1) is 6.58 Å². The minimum Gasteiger partial charge on any atom is -0.495 e. The van der Waals surface area contributed by atoms with E-state index < -0.39 is 5.41 Å². The van der Waals surface area contributed by atoms with Crippen LogP contribution < -0.4 is 15.4 Å². The van der Waals surface area contributed by atoms with Crippen molar-refractivity contribution in [3.63, 3.8) is 0 Å². The number of amides is 2. The Morgan fingerprint density at radius 2 is 2.14 bits per heavy atom. The Bertz CT molecular complexity index is 582. The number of carbonyl (C=O) groups is 2. The Morgan fingerprint density at radius 1 is 1.43 bits per heavy atom. The molecule has 1 aromatic rings. The van der Waals surface area contributed by atoms with E-state index in [0.29, 0.717) is 35.8 Å². The minimum absolute atomic E-state index is 0.264. The third-order valence-electron chi connectivity index (χ3n) is 3.44. The van der Waals surface area contributed by atoms with Gasteiger partial charge in [-0.3, -0.25) is 9.59 Å². The largest absolute Gasteiger partial charge is 0.495 e. The second-order valence-electron chi connectivity index (χ2n) is 4.88. The molecule has 112 valence electrons. The normalized spacial score (nSPS) is 15.0. The number of nitrogens with one attached hydrogen (secondary N) is 2. The number of hydrogen-bond acceptors (Lipinski definition) is 3. The molecule has 0 unspecified atom stereocenters. The molecule has 2 amide bonds. The zero-order valence-electron chi connectivity index (χ0n) is 11.7. The lowest BCUT2D eigenvalue weighted by Gasteiger charge is -2.15. The molecule has 21 heavy (non-hydrogen) atoms. The van der Waals surface area contributed by atoms with Crippen molar-refractivity contribution < 1.29 is 14.3 Å². The van der Waals surface area contributed by atoms with Gasteiger partial charge >= 0.3 is 0 Å². The molecule has 0 atom stereocenters. The van der Waals surface area contributed by atoms with Crippen LogP contribution in [0.1, 0.15) is 12.8 Å². The molecule has 1 aromatic carbocycles. The zero-order chi connectivity index (χ0) is 15.5. The number of ether oxygens (including phenoxy) is 1.